The molecule has 1 saturated heterocycles. The molecule has 6 heteroatoms. The summed E-state index contributed by atoms with van der Waals surface area (Å²) in [4.78, 5) is 13.6. The van der Waals surface area contributed by atoms with Gasteiger partial charge < -0.3 is 25.2 Å². The van der Waals surface area contributed by atoms with E-state index >= 15 is 0 Å². The molecule has 1 aromatic carbocycles. The fraction of sp³-hybridized carbons (Fsp3) is 0.533. The van der Waals surface area contributed by atoms with Crippen LogP contribution in [0.5, 0.6) is 0 Å². The number of ether oxygens (including phenoxy) is 2. The second-order valence-electron chi connectivity index (χ2n) is 5.83. The van der Waals surface area contributed by atoms with Gasteiger partial charge in [0, 0.05) is 13.1 Å². The second kappa shape index (κ2) is 5.91. The van der Waals surface area contributed by atoms with Gasteiger partial charge in [0.2, 0.25) is 0 Å². The van der Waals surface area contributed by atoms with Gasteiger partial charge in [0.15, 0.2) is 0 Å². The number of aliphatic hydroxyl groups excluding tert-OH is 1. The number of morpholine rings is 1. The van der Waals surface area contributed by atoms with Crippen LogP contribution in [0, 0.1) is 0 Å². The minimum Gasteiger partial charge on any atom is -0.465 e. The maximum Gasteiger partial charge on any atom is 0.337 e. The lowest BCUT2D eigenvalue weighted by Crippen LogP contribution is -2.54. The van der Waals surface area contributed by atoms with Crippen LogP contribution in [0.2, 0.25) is 0 Å². The normalized spacial score (nSPS) is 21.1. The molecule has 0 radical (unpaired) electrons. The van der Waals surface area contributed by atoms with Crippen molar-refractivity contribution in [2.45, 2.75) is 25.6 Å². The fourth-order valence-electron chi connectivity index (χ4n) is 2.66. The summed E-state index contributed by atoms with van der Waals surface area (Å²) in [5.41, 5.74) is 7.45. The summed E-state index contributed by atoms with van der Waals surface area (Å²) in [6, 6.07) is 5.10. The number of methoxy groups -OCH3 is 1. The van der Waals surface area contributed by atoms with E-state index in [2.05, 4.69) is 9.64 Å². The summed E-state index contributed by atoms with van der Waals surface area (Å²) in [6.45, 7) is 5.12. The molecule has 0 bridgehead atoms. The summed E-state index contributed by atoms with van der Waals surface area (Å²) in [6.07, 6.45) is -0.256. The van der Waals surface area contributed by atoms with Gasteiger partial charge >= 0.3 is 5.97 Å². The zero-order valence-corrected chi connectivity index (χ0v) is 12.6. The number of aliphatic hydroxyl groups is 1. The Hall–Kier alpha value is -1.79. The van der Waals surface area contributed by atoms with Gasteiger partial charge in [-0.1, -0.05) is 0 Å². The van der Waals surface area contributed by atoms with Crippen LogP contribution in [-0.4, -0.2) is 49.6 Å². The largest absolute Gasteiger partial charge is 0.465 e. The third-order valence-electron chi connectivity index (χ3n) is 3.47. The van der Waals surface area contributed by atoms with Crippen LogP contribution in [0.3, 0.4) is 0 Å². The lowest BCUT2D eigenvalue weighted by molar-refractivity contribution is -0.100. The third kappa shape index (κ3) is 3.46. The molecular formula is C15H22N2O4. The van der Waals surface area contributed by atoms with E-state index in [1.54, 1.807) is 18.2 Å². The van der Waals surface area contributed by atoms with Gasteiger partial charge in [0.1, 0.15) is 0 Å². The summed E-state index contributed by atoms with van der Waals surface area (Å²) >= 11 is 0. The number of nitrogens with zero attached hydrogens (tertiary/aromatic N) is 1. The molecule has 0 saturated carbocycles. The molecule has 1 aliphatic rings. The second-order valence-corrected chi connectivity index (χ2v) is 5.83. The van der Waals surface area contributed by atoms with E-state index in [1.807, 2.05) is 13.8 Å². The van der Waals surface area contributed by atoms with E-state index in [1.165, 1.54) is 7.11 Å². The van der Waals surface area contributed by atoms with Crippen molar-refractivity contribution in [1.82, 2.24) is 0 Å². The molecule has 1 aliphatic heterocycles. The van der Waals surface area contributed by atoms with Crippen molar-refractivity contribution in [3.63, 3.8) is 0 Å². The highest BCUT2D eigenvalue weighted by molar-refractivity contribution is 5.92. The molecule has 3 N–H and O–H groups in total. The number of nitrogen functional groups attached to an aromatic ring is 1. The van der Waals surface area contributed by atoms with Crippen LogP contribution in [0.1, 0.15) is 24.2 Å². The molecule has 21 heavy (non-hydrogen) atoms. The Morgan fingerprint density at radius 1 is 1.57 bits per heavy atom. The van der Waals surface area contributed by atoms with Gasteiger partial charge in [0.25, 0.3) is 0 Å². The molecule has 1 atom stereocenters. The van der Waals surface area contributed by atoms with Crippen LogP contribution >= 0.6 is 0 Å². The summed E-state index contributed by atoms with van der Waals surface area (Å²) < 4.78 is 10.5. The highest BCUT2D eigenvalue weighted by Gasteiger charge is 2.33. The molecule has 0 spiro atoms. The lowest BCUT2D eigenvalue weighted by Gasteiger charge is -2.43. The van der Waals surface area contributed by atoms with Crippen LogP contribution in [0.25, 0.3) is 0 Å². The Morgan fingerprint density at radius 2 is 2.29 bits per heavy atom. The molecule has 1 unspecified atom stereocenters. The molecule has 1 fully saturated rings. The number of hydrogen-bond acceptors (Lipinski definition) is 6. The molecule has 116 valence electrons. The number of hydrogen-bond donors (Lipinski definition) is 2. The molecule has 1 aromatic rings. The van der Waals surface area contributed by atoms with Crippen LogP contribution in [-0.2, 0) is 9.47 Å². The first kappa shape index (κ1) is 15.6. The third-order valence-corrected chi connectivity index (χ3v) is 3.47. The van der Waals surface area contributed by atoms with Gasteiger partial charge in [-0.2, -0.15) is 0 Å². The summed E-state index contributed by atoms with van der Waals surface area (Å²) in [7, 11) is 1.34. The van der Waals surface area contributed by atoms with Crippen molar-refractivity contribution >= 4 is 17.3 Å². The number of rotatable bonds is 3. The Labute approximate surface area is 124 Å². The minimum atomic E-state index is -0.413. The van der Waals surface area contributed by atoms with E-state index in [0.717, 1.165) is 5.69 Å². The van der Waals surface area contributed by atoms with Crippen LogP contribution in [0.15, 0.2) is 18.2 Å². The molecule has 2 rings (SSSR count). The Balaban J connectivity index is 2.26. The molecule has 6 nitrogen and oxygen atoms in total. The highest BCUT2D eigenvalue weighted by atomic mass is 16.5. The van der Waals surface area contributed by atoms with Gasteiger partial charge in [0.05, 0.1) is 42.4 Å². The Bertz CT molecular complexity index is 530. The van der Waals surface area contributed by atoms with E-state index < -0.39 is 5.97 Å². The first-order valence-electron chi connectivity index (χ1n) is 6.88. The minimum absolute atomic E-state index is 0.0416. The fourth-order valence-corrected chi connectivity index (χ4v) is 2.66. The quantitative estimate of drug-likeness (QED) is 0.640. The molecular weight excluding hydrogens is 272 g/mol. The van der Waals surface area contributed by atoms with Crippen molar-refractivity contribution < 1.29 is 19.4 Å². The van der Waals surface area contributed by atoms with Crippen molar-refractivity contribution in [2.24, 2.45) is 0 Å². The summed E-state index contributed by atoms with van der Waals surface area (Å²) in [5, 5.41) is 9.36. The number of benzene rings is 1. The monoisotopic (exact) mass is 294 g/mol. The standard InChI is InChI=1S/C15H22N2O4/c1-15(2)9-17(7-11(8-18)21-15)13-5-4-10(6-12(13)16)14(19)20-3/h4-6,11,18H,7-9,16H2,1-3H3. The zero-order chi connectivity index (χ0) is 15.6. The topological polar surface area (TPSA) is 85.0 Å². The average molecular weight is 294 g/mol. The van der Waals surface area contributed by atoms with Crippen molar-refractivity contribution in [1.29, 1.82) is 0 Å². The zero-order valence-electron chi connectivity index (χ0n) is 12.6. The van der Waals surface area contributed by atoms with Gasteiger partial charge in [-0.15, -0.1) is 0 Å². The van der Waals surface area contributed by atoms with E-state index in [-0.39, 0.29) is 18.3 Å². The van der Waals surface area contributed by atoms with Crippen molar-refractivity contribution in [2.75, 3.05) is 37.4 Å². The molecule has 0 amide bonds. The number of anilines is 2. The van der Waals surface area contributed by atoms with Crippen molar-refractivity contribution in [3.05, 3.63) is 23.8 Å². The van der Waals surface area contributed by atoms with Gasteiger partial charge in [-0.25, -0.2) is 4.79 Å². The number of carbonyl (C=O) groups is 1. The first-order valence-corrected chi connectivity index (χ1v) is 6.88. The molecule has 0 aromatic heterocycles. The number of esters is 1. The summed E-state index contributed by atoms with van der Waals surface area (Å²) in [5.74, 6) is -0.413. The van der Waals surface area contributed by atoms with Gasteiger partial charge in [-0.05, 0) is 32.0 Å². The van der Waals surface area contributed by atoms with Crippen molar-refractivity contribution in [3.8, 4) is 0 Å². The highest BCUT2D eigenvalue weighted by Crippen LogP contribution is 2.30. The smallest absolute Gasteiger partial charge is 0.337 e. The van der Waals surface area contributed by atoms with Crippen LogP contribution < -0.4 is 10.6 Å². The predicted molar refractivity (Wildman–Crippen MR) is 80.4 cm³/mol. The maximum absolute atomic E-state index is 11.5. The maximum atomic E-state index is 11.5. The van der Waals surface area contributed by atoms with E-state index in [0.29, 0.717) is 24.3 Å². The molecule has 0 aliphatic carbocycles. The van der Waals surface area contributed by atoms with E-state index in [9.17, 15) is 9.90 Å². The lowest BCUT2D eigenvalue weighted by atomic mass is 10.0. The molecule has 1 heterocycles. The number of carbonyl (C=O) groups excluding carboxylic acids is 1. The Morgan fingerprint density at radius 3 is 2.86 bits per heavy atom. The van der Waals surface area contributed by atoms with Gasteiger partial charge in [-0.3, -0.25) is 0 Å². The van der Waals surface area contributed by atoms with E-state index in [4.69, 9.17) is 10.5 Å². The SMILES string of the molecule is COC(=O)c1ccc(N2CC(CO)OC(C)(C)C2)c(N)c1. The number of nitrogens with two attached hydrogens (primary N) is 1. The predicted octanol–water partition coefficient (Wildman–Crippen LogP) is 1.03. The Kier molecular flexibility index (Phi) is 4.39. The first-order chi connectivity index (χ1) is 9.86. The average Bonchev–Trinajstić information content (AvgIpc) is 2.44. The van der Waals surface area contributed by atoms with Crippen LogP contribution in [0.4, 0.5) is 11.4 Å².